The standard InChI is InChI=1S/C13H14N2O3S/c1-4-9-6-10(16)15(7-9)13-14-11(8(3)19-13)12(17)18-5-2/h1,9H,5-7H2,2-3H3. The molecule has 1 aliphatic heterocycles. The molecule has 2 heterocycles. The van der Waals surface area contributed by atoms with Crippen LogP contribution in [0.4, 0.5) is 5.13 Å². The zero-order valence-electron chi connectivity index (χ0n) is 10.8. The number of terminal acetylenes is 1. The zero-order chi connectivity index (χ0) is 14.0. The average molecular weight is 278 g/mol. The highest BCUT2D eigenvalue weighted by atomic mass is 32.1. The van der Waals surface area contributed by atoms with E-state index in [1.54, 1.807) is 18.7 Å². The molecule has 0 spiro atoms. The second kappa shape index (κ2) is 5.41. The van der Waals surface area contributed by atoms with Gasteiger partial charge in [0.2, 0.25) is 5.91 Å². The first-order chi connectivity index (χ1) is 9.06. The fraction of sp³-hybridized carbons (Fsp3) is 0.462. The fourth-order valence-corrected chi connectivity index (χ4v) is 2.81. The van der Waals surface area contributed by atoms with E-state index < -0.39 is 5.97 Å². The van der Waals surface area contributed by atoms with Crippen LogP contribution in [0.15, 0.2) is 0 Å². The molecule has 1 atom stereocenters. The Hall–Kier alpha value is -1.87. The lowest BCUT2D eigenvalue weighted by atomic mass is 10.1. The first-order valence-corrected chi connectivity index (χ1v) is 6.79. The summed E-state index contributed by atoms with van der Waals surface area (Å²) in [5.41, 5.74) is 0.277. The molecule has 1 amide bonds. The van der Waals surface area contributed by atoms with E-state index in [1.165, 1.54) is 11.3 Å². The van der Waals surface area contributed by atoms with E-state index in [-0.39, 0.29) is 17.5 Å². The van der Waals surface area contributed by atoms with Gasteiger partial charge in [-0.05, 0) is 13.8 Å². The number of aryl methyl sites for hydroxylation is 1. The van der Waals surface area contributed by atoms with Crippen LogP contribution in [-0.4, -0.2) is 30.0 Å². The molecule has 1 fully saturated rings. The predicted molar refractivity (Wildman–Crippen MR) is 72.1 cm³/mol. The molecule has 0 aromatic carbocycles. The minimum atomic E-state index is -0.456. The van der Waals surface area contributed by atoms with Crippen LogP contribution >= 0.6 is 11.3 Å². The van der Waals surface area contributed by atoms with Gasteiger partial charge in [-0.15, -0.1) is 23.7 Å². The minimum Gasteiger partial charge on any atom is -0.461 e. The largest absolute Gasteiger partial charge is 0.461 e. The van der Waals surface area contributed by atoms with E-state index in [2.05, 4.69) is 10.9 Å². The molecule has 0 N–H and O–H groups in total. The molecule has 1 aromatic heterocycles. The van der Waals surface area contributed by atoms with Gasteiger partial charge in [-0.3, -0.25) is 9.69 Å². The molecule has 0 saturated carbocycles. The number of anilines is 1. The Morgan fingerprint density at radius 2 is 2.42 bits per heavy atom. The Morgan fingerprint density at radius 1 is 1.68 bits per heavy atom. The van der Waals surface area contributed by atoms with Gasteiger partial charge < -0.3 is 4.74 Å². The summed E-state index contributed by atoms with van der Waals surface area (Å²) < 4.78 is 4.92. The van der Waals surface area contributed by atoms with E-state index in [0.29, 0.717) is 24.7 Å². The maximum atomic E-state index is 11.8. The summed E-state index contributed by atoms with van der Waals surface area (Å²) in [5.74, 6) is 2.00. The Balaban J connectivity index is 2.23. The van der Waals surface area contributed by atoms with Gasteiger partial charge in [0.25, 0.3) is 0 Å². The summed E-state index contributed by atoms with van der Waals surface area (Å²) in [4.78, 5) is 30.0. The normalized spacial score (nSPS) is 18.5. The first kappa shape index (κ1) is 13.6. The van der Waals surface area contributed by atoms with E-state index >= 15 is 0 Å². The lowest BCUT2D eigenvalue weighted by Gasteiger charge is -2.10. The van der Waals surface area contributed by atoms with Crippen LogP contribution in [0, 0.1) is 25.2 Å². The van der Waals surface area contributed by atoms with Crippen molar-refractivity contribution in [2.45, 2.75) is 20.3 Å². The summed E-state index contributed by atoms with van der Waals surface area (Å²) in [6.07, 6.45) is 5.68. The molecule has 100 valence electrons. The number of thiazole rings is 1. The van der Waals surface area contributed by atoms with Crippen molar-refractivity contribution >= 4 is 28.3 Å². The number of ether oxygens (including phenoxy) is 1. The zero-order valence-corrected chi connectivity index (χ0v) is 11.6. The topological polar surface area (TPSA) is 59.5 Å². The van der Waals surface area contributed by atoms with Gasteiger partial charge in [-0.1, -0.05) is 0 Å². The smallest absolute Gasteiger partial charge is 0.358 e. The molecule has 5 nitrogen and oxygen atoms in total. The molecule has 0 radical (unpaired) electrons. The van der Waals surface area contributed by atoms with Crippen molar-refractivity contribution in [3.05, 3.63) is 10.6 Å². The van der Waals surface area contributed by atoms with Gasteiger partial charge in [0.05, 0.1) is 6.61 Å². The molecule has 1 saturated heterocycles. The van der Waals surface area contributed by atoms with E-state index in [4.69, 9.17) is 11.2 Å². The third-order valence-electron chi connectivity index (χ3n) is 2.85. The number of carbonyl (C=O) groups is 2. The second-order valence-corrected chi connectivity index (χ2v) is 5.38. The monoisotopic (exact) mass is 278 g/mol. The van der Waals surface area contributed by atoms with Crippen LogP contribution in [0.5, 0.6) is 0 Å². The Bertz CT molecular complexity index is 559. The summed E-state index contributed by atoms with van der Waals surface area (Å²) >= 11 is 1.31. The number of nitrogens with zero attached hydrogens (tertiary/aromatic N) is 2. The van der Waals surface area contributed by atoms with Gasteiger partial charge in [0.15, 0.2) is 10.8 Å². The molecule has 2 rings (SSSR count). The van der Waals surface area contributed by atoms with Crippen molar-refractivity contribution in [3.8, 4) is 12.3 Å². The second-order valence-electron chi connectivity index (χ2n) is 4.19. The lowest BCUT2D eigenvalue weighted by molar-refractivity contribution is -0.117. The van der Waals surface area contributed by atoms with E-state index in [0.717, 1.165) is 4.88 Å². The highest BCUT2D eigenvalue weighted by Gasteiger charge is 2.32. The van der Waals surface area contributed by atoms with E-state index in [1.807, 2.05) is 0 Å². The van der Waals surface area contributed by atoms with Crippen molar-refractivity contribution in [1.29, 1.82) is 0 Å². The van der Waals surface area contributed by atoms with Crippen molar-refractivity contribution in [2.24, 2.45) is 5.92 Å². The number of hydrogen-bond donors (Lipinski definition) is 0. The molecular weight excluding hydrogens is 264 g/mol. The minimum absolute atomic E-state index is 0.0490. The van der Waals surface area contributed by atoms with Gasteiger partial charge in [0.1, 0.15) is 0 Å². The number of esters is 1. The van der Waals surface area contributed by atoms with Crippen molar-refractivity contribution in [2.75, 3.05) is 18.1 Å². The molecule has 19 heavy (non-hydrogen) atoms. The number of amides is 1. The summed E-state index contributed by atoms with van der Waals surface area (Å²) in [6, 6.07) is 0. The molecular formula is C13H14N2O3S. The summed E-state index contributed by atoms with van der Waals surface area (Å²) in [7, 11) is 0. The fourth-order valence-electron chi connectivity index (χ4n) is 1.89. The summed E-state index contributed by atoms with van der Waals surface area (Å²) in [5, 5.41) is 0.517. The Kier molecular flexibility index (Phi) is 3.86. The van der Waals surface area contributed by atoms with Gasteiger partial charge in [0, 0.05) is 23.8 Å². The van der Waals surface area contributed by atoms with Gasteiger partial charge in [-0.25, -0.2) is 9.78 Å². The third kappa shape index (κ3) is 2.61. The predicted octanol–water partition coefficient (Wildman–Crippen LogP) is 1.61. The van der Waals surface area contributed by atoms with Gasteiger partial charge >= 0.3 is 5.97 Å². The van der Waals surface area contributed by atoms with Crippen LogP contribution in [0.3, 0.4) is 0 Å². The maximum Gasteiger partial charge on any atom is 0.358 e. The highest BCUT2D eigenvalue weighted by Crippen LogP contribution is 2.30. The number of carbonyl (C=O) groups excluding carboxylic acids is 2. The van der Waals surface area contributed by atoms with Crippen LogP contribution in [-0.2, 0) is 9.53 Å². The number of hydrogen-bond acceptors (Lipinski definition) is 5. The number of rotatable bonds is 3. The maximum absolute atomic E-state index is 11.8. The molecule has 0 aliphatic carbocycles. The molecule has 1 unspecified atom stereocenters. The first-order valence-electron chi connectivity index (χ1n) is 5.97. The van der Waals surface area contributed by atoms with E-state index in [9.17, 15) is 9.59 Å². The molecule has 0 bridgehead atoms. The molecule has 1 aliphatic rings. The highest BCUT2D eigenvalue weighted by molar-refractivity contribution is 7.16. The van der Waals surface area contributed by atoms with Crippen LogP contribution in [0.1, 0.15) is 28.7 Å². The van der Waals surface area contributed by atoms with Crippen molar-refractivity contribution < 1.29 is 14.3 Å². The number of aromatic nitrogens is 1. The van der Waals surface area contributed by atoms with Crippen LogP contribution < -0.4 is 4.90 Å². The summed E-state index contributed by atoms with van der Waals surface area (Å²) in [6.45, 7) is 4.28. The Morgan fingerprint density at radius 3 is 3.00 bits per heavy atom. The van der Waals surface area contributed by atoms with Crippen molar-refractivity contribution in [1.82, 2.24) is 4.98 Å². The van der Waals surface area contributed by atoms with Gasteiger partial charge in [-0.2, -0.15) is 0 Å². The SMILES string of the molecule is C#CC1CC(=O)N(c2nc(C(=O)OCC)c(C)s2)C1. The van der Waals surface area contributed by atoms with Crippen LogP contribution in [0.25, 0.3) is 0 Å². The third-order valence-corrected chi connectivity index (χ3v) is 3.84. The molecule has 1 aromatic rings. The Labute approximate surface area is 115 Å². The molecule has 6 heteroatoms. The quantitative estimate of drug-likeness (QED) is 0.622. The average Bonchev–Trinajstić information content (AvgIpc) is 2.92. The van der Waals surface area contributed by atoms with Crippen LogP contribution in [0.2, 0.25) is 0 Å². The van der Waals surface area contributed by atoms with Crippen molar-refractivity contribution in [3.63, 3.8) is 0 Å². The lowest BCUT2D eigenvalue weighted by Crippen LogP contribution is -2.24.